The molecule has 0 fully saturated rings. The molecule has 0 aliphatic heterocycles. The van der Waals surface area contributed by atoms with Gasteiger partial charge < -0.3 is 5.11 Å². The molecular formula is C7H12O. The fraction of sp³-hybridized carbons (Fsp3) is 0.714. The van der Waals surface area contributed by atoms with Crippen molar-refractivity contribution in [1.82, 2.24) is 0 Å². The van der Waals surface area contributed by atoms with Crippen LogP contribution in [0.4, 0.5) is 0 Å². The Morgan fingerprint density at radius 3 is 1.88 bits per heavy atom. The Morgan fingerprint density at radius 1 is 1.50 bits per heavy atom. The summed E-state index contributed by atoms with van der Waals surface area (Å²) < 4.78 is 0. The van der Waals surface area contributed by atoms with Gasteiger partial charge in [0.25, 0.3) is 0 Å². The predicted molar refractivity (Wildman–Crippen MR) is 34.3 cm³/mol. The molecule has 0 rings (SSSR count). The second kappa shape index (κ2) is 2.19. The summed E-state index contributed by atoms with van der Waals surface area (Å²) in [5.41, 5.74) is -0.172. The quantitative estimate of drug-likeness (QED) is 0.464. The van der Waals surface area contributed by atoms with E-state index in [-0.39, 0.29) is 5.41 Å². The van der Waals surface area contributed by atoms with Gasteiger partial charge in [0.05, 0.1) is 0 Å². The van der Waals surface area contributed by atoms with Gasteiger partial charge in [0.15, 0.2) is 0 Å². The van der Waals surface area contributed by atoms with Crippen LogP contribution >= 0.6 is 0 Å². The van der Waals surface area contributed by atoms with E-state index in [0.717, 1.165) is 0 Å². The molecule has 8 heavy (non-hydrogen) atoms. The SMILES string of the molecule is C#C[C@@H](O)C(C)(C)C. The van der Waals surface area contributed by atoms with Crippen LogP contribution in [0, 0.1) is 17.8 Å². The lowest BCUT2D eigenvalue weighted by Crippen LogP contribution is -2.23. The Hall–Kier alpha value is -0.480. The fourth-order valence-electron chi connectivity index (χ4n) is 0.250. The highest BCUT2D eigenvalue weighted by atomic mass is 16.3. The first-order chi connectivity index (χ1) is 3.48. The molecule has 0 amide bonds. The van der Waals surface area contributed by atoms with Gasteiger partial charge in [-0.1, -0.05) is 26.7 Å². The highest BCUT2D eigenvalue weighted by Gasteiger charge is 2.18. The third-order valence-corrected chi connectivity index (χ3v) is 0.978. The first-order valence-electron chi connectivity index (χ1n) is 2.62. The molecule has 0 radical (unpaired) electrons. The van der Waals surface area contributed by atoms with Gasteiger partial charge in [-0.05, 0) is 5.41 Å². The first kappa shape index (κ1) is 7.52. The molecule has 0 unspecified atom stereocenters. The Balaban J connectivity index is 3.87. The van der Waals surface area contributed by atoms with E-state index in [1.807, 2.05) is 20.8 Å². The van der Waals surface area contributed by atoms with Crippen molar-refractivity contribution in [2.24, 2.45) is 5.41 Å². The van der Waals surface area contributed by atoms with Crippen molar-refractivity contribution < 1.29 is 5.11 Å². The molecule has 0 bridgehead atoms. The van der Waals surface area contributed by atoms with E-state index in [1.54, 1.807) is 0 Å². The number of rotatable bonds is 0. The van der Waals surface area contributed by atoms with Crippen molar-refractivity contribution in [1.29, 1.82) is 0 Å². The Morgan fingerprint density at radius 2 is 1.88 bits per heavy atom. The Bertz CT molecular complexity index is 103. The second-order valence-corrected chi connectivity index (χ2v) is 2.94. The lowest BCUT2D eigenvalue weighted by atomic mass is 9.90. The van der Waals surface area contributed by atoms with E-state index in [1.165, 1.54) is 0 Å². The van der Waals surface area contributed by atoms with Crippen molar-refractivity contribution in [2.45, 2.75) is 26.9 Å². The highest BCUT2D eigenvalue weighted by molar-refractivity contribution is 4.99. The van der Waals surface area contributed by atoms with Crippen molar-refractivity contribution in [3.05, 3.63) is 0 Å². The number of hydrogen-bond acceptors (Lipinski definition) is 1. The summed E-state index contributed by atoms with van der Waals surface area (Å²) in [5, 5.41) is 8.96. The van der Waals surface area contributed by atoms with Crippen molar-refractivity contribution >= 4 is 0 Å². The fourth-order valence-corrected chi connectivity index (χ4v) is 0.250. The van der Waals surface area contributed by atoms with Crippen LogP contribution in [0.15, 0.2) is 0 Å². The van der Waals surface area contributed by atoms with E-state index in [0.29, 0.717) is 0 Å². The van der Waals surface area contributed by atoms with E-state index in [4.69, 9.17) is 11.5 Å². The van der Waals surface area contributed by atoms with Gasteiger partial charge in [-0.15, -0.1) is 6.42 Å². The molecule has 1 nitrogen and oxygen atoms in total. The van der Waals surface area contributed by atoms with Crippen LogP contribution < -0.4 is 0 Å². The lowest BCUT2D eigenvalue weighted by Gasteiger charge is -2.20. The molecule has 0 aliphatic carbocycles. The minimum atomic E-state index is -0.623. The molecular weight excluding hydrogens is 100 g/mol. The minimum Gasteiger partial charge on any atom is -0.380 e. The maximum Gasteiger partial charge on any atom is 0.119 e. The zero-order valence-corrected chi connectivity index (χ0v) is 5.60. The Labute approximate surface area is 50.7 Å². The smallest absolute Gasteiger partial charge is 0.119 e. The van der Waals surface area contributed by atoms with Crippen LogP contribution in [0.5, 0.6) is 0 Å². The molecule has 0 saturated heterocycles. The molecule has 0 aromatic carbocycles. The average Bonchev–Trinajstić information content (AvgIpc) is 1.62. The number of aliphatic hydroxyl groups excluding tert-OH is 1. The summed E-state index contributed by atoms with van der Waals surface area (Å²) in [6, 6.07) is 0. The highest BCUT2D eigenvalue weighted by Crippen LogP contribution is 2.17. The number of terminal acetylenes is 1. The normalized spacial score (nSPS) is 14.9. The van der Waals surface area contributed by atoms with Crippen molar-refractivity contribution in [3.63, 3.8) is 0 Å². The zero-order chi connectivity index (χ0) is 6.78. The van der Waals surface area contributed by atoms with Gasteiger partial charge in [-0.25, -0.2) is 0 Å². The second-order valence-electron chi connectivity index (χ2n) is 2.94. The van der Waals surface area contributed by atoms with E-state index in [9.17, 15) is 0 Å². The summed E-state index contributed by atoms with van der Waals surface area (Å²) in [5.74, 6) is 2.26. The summed E-state index contributed by atoms with van der Waals surface area (Å²) in [6.45, 7) is 5.70. The monoisotopic (exact) mass is 112 g/mol. The molecule has 0 aromatic rings. The lowest BCUT2D eigenvalue weighted by molar-refractivity contribution is 0.114. The van der Waals surface area contributed by atoms with E-state index < -0.39 is 6.10 Å². The molecule has 0 heterocycles. The van der Waals surface area contributed by atoms with Gasteiger partial charge in [-0.3, -0.25) is 0 Å². The largest absolute Gasteiger partial charge is 0.380 e. The Kier molecular flexibility index (Phi) is 2.06. The summed E-state index contributed by atoms with van der Waals surface area (Å²) in [6.07, 6.45) is 4.34. The maximum absolute atomic E-state index is 8.96. The van der Waals surface area contributed by atoms with E-state index >= 15 is 0 Å². The van der Waals surface area contributed by atoms with Gasteiger partial charge >= 0.3 is 0 Å². The van der Waals surface area contributed by atoms with E-state index in [2.05, 4.69) is 5.92 Å². The molecule has 46 valence electrons. The average molecular weight is 112 g/mol. The number of hydrogen-bond donors (Lipinski definition) is 1. The molecule has 1 heteroatoms. The summed E-state index contributed by atoms with van der Waals surface area (Å²) >= 11 is 0. The molecule has 0 spiro atoms. The number of aliphatic hydroxyl groups is 1. The van der Waals surface area contributed by atoms with Crippen LogP contribution in [0.25, 0.3) is 0 Å². The van der Waals surface area contributed by atoms with Crippen LogP contribution in [-0.2, 0) is 0 Å². The summed E-state index contributed by atoms with van der Waals surface area (Å²) in [7, 11) is 0. The van der Waals surface area contributed by atoms with Crippen LogP contribution in [-0.4, -0.2) is 11.2 Å². The summed E-state index contributed by atoms with van der Waals surface area (Å²) in [4.78, 5) is 0. The maximum atomic E-state index is 8.96. The predicted octanol–water partition coefficient (Wildman–Crippen LogP) is 1.03. The molecule has 1 atom stereocenters. The third kappa shape index (κ3) is 1.99. The van der Waals surface area contributed by atoms with Gasteiger partial charge in [0.1, 0.15) is 6.10 Å². The van der Waals surface area contributed by atoms with Crippen molar-refractivity contribution in [3.8, 4) is 12.3 Å². The van der Waals surface area contributed by atoms with Crippen LogP contribution in [0.1, 0.15) is 20.8 Å². The standard InChI is InChI=1S/C7H12O/c1-5-6(8)7(2,3)4/h1,6,8H,2-4H3/t6-/m1/s1. The topological polar surface area (TPSA) is 20.2 Å². The molecule has 1 N–H and O–H groups in total. The van der Waals surface area contributed by atoms with Gasteiger partial charge in [0, 0.05) is 0 Å². The minimum absolute atomic E-state index is 0.172. The third-order valence-electron chi connectivity index (χ3n) is 0.978. The first-order valence-corrected chi connectivity index (χ1v) is 2.62. The molecule has 0 saturated carbocycles. The van der Waals surface area contributed by atoms with Crippen molar-refractivity contribution in [2.75, 3.05) is 0 Å². The zero-order valence-electron chi connectivity index (χ0n) is 5.60. The molecule has 0 aliphatic rings. The van der Waals surface area contributed by atoms with Gasteiger partial charge in [0.2, 0.25) is 0 Å². The van der Waals surface area contributed by atoms with Crippen LogP contribution in [0.3, 0.4) is 0 Å². The van der Waals surface area contributed by atoms with Crippen LogP contribution in [0.2, 0.25) is 0 Å². The molecule has 0 aromatic heterocycles. The van der Waals surface area contributed by atoms with Gasteiger partial charge in [-0.2, -0.15) is 0 Å².